The Kier molecular flexibility index (Phi) is 2.37. The summed E-state index contributed by atoms with van der Waals surface area (Å²) in [5.41, 5.74) is 2.12. The lowest BCUT2D eigenvalue weighted by Crippen LogP contribution is -1.89. The Morgan fingerprint density at radius 2 is 2.21 bits per heavy atom. The molecule has 0 atom stereocenters. The van der Waals surface area contributed by atoms with Crippen molar-refractivity contribution in [1.82, 2.24) is 9.55 Å². The molecule has 0 amide bonds. The molecule has 0 saturated carbocycles. The SMILES string of the molecule is COc1ccc2c(c1)nc(SC)n2C. The van der Waals surface area contributed by atoms with Crippen molar-refractivity contribution in [3.63, 3.8) is 0 Å². The lowest BCUT2D eigenvalue weighted by Gasteiger charge is -1.99. The van der Waals surface area contributed by atoms with Crippen LogP contribution in [0, 0.1) is 0 Å². The number of methoxy groups -OCH3 is 1. The van der Waals surface area contributed by atoms with Gasteiger partial charge in [0.2, 0.25) is 0 Å². The van der Waals surface area contributed by atoms with Crippen LogP contribution in [0.3, 0.4) is 0 Å². The molecule has 0 aliphatic heterocycles. The van der Waals surface area contributed by atoms with E-state index < -0.39 is 0 Å². The van der Waals surface area contributed by atoms with Gasteiger partial charge in [0, 0.05) is 13.1 Å². The quantitative estimate of drug-likeness (QED) is 0.709. The highest BCUT2D eigenvalue weighted by Gasteiger charge is 2.06. The number of hydrogen-bond acceptors (Lipinski definition) is 3. The van der Waals surface area contributed by atoms with Crippen LogP contribution in [0.15, 0.2) is 23.4 Å². The predicted molar refractivity (Wildman–Crippen MR) is 59.0 cm³/mol. The molecule has 0 N–H and O–H groups in total. The molecule has 0 unspecified atom stereocenters. The molecule has 0 fully saturated rings. The Labute approximate surface area is 87.1 Å². The van der Waals surface area contributed by atoms with Gasteiger partial charge in [-0.3, -0.25) is 0 Å². The minimum atomic E-state index is 0.850. The summed E-state index contributed by atoms with van der Waals surface area (Å²) in [5, 5.41) is 1.02. The van der Waals surface area contributed by atoms with Gasteiger partial charge in [0.25, 0.3) is 0 Å². The maximum atomic E-state index is 5.15. The van der Waals surface area contributed by atoms with Crippen LogP contribution >= 0.6 is 11.8 Å². The number of hydrogen-bond donors (Lipinski definition) is 0. The third kappa shape index (κ3) is 1.35. The first kappa shape index (κ1) is 9.40. The van der Waals surface area contributed by atoms with E-state index in [2.05, 4.69) is 9.55 Å². The second-order valence-electron chi connectivity index (χ2n) is 3.01. The van der Waals surface area contributed by atoms with E-state index in [1.165, 1.54) is 0 Å². The summed E-state index contributed by atoms with van der Waals surface area (Å²) in [6.07, 6.45) is 2.03. The van der Waals surface area contributed by atoms with E-state index in [0.29, 0.717) is 0 Å². The van der Waals surface area contributed by atoms with Gasteiger partial charge < -0.3 is 9.30 Å². The lowest BCUT2D eigenvalue weighted by atomic mass is 10.3. The van der Waals surface area contributed by atoms with Crippen LogP contribution in [0.1, 0.15) is 0 Å². The molecular weight excluding hydrogens is 196 g/mol. The number of ether oxygens (including phenoxy) is 1. The molecule has 0 spiro atoms. The van der Waals surface area contributed by atoms with E-state index in [-0.39, 0.29) is 0 Å². The Morgan fingerprint density at radius 1 is 1.43 bits per heavy atom. The van der Waals surface area contributed by atoms with Gasteiger partial charge in [-0.1, -0.05) is 11.8 Å². The average molecular weight is 208 g/mol. The van der Waals surface area contributed by atoms with Gasteiger partial charge in [0.15, 0.2) is 5.16 Å². The van der Waals surface area contributed by atoms with Gasteiger partial charge in [-0.25, -0.2) is 4.98 Å². The number of thioether (sulfide) groups is 1. The fraction of sp³-hybridized carbons (Fsp3) is 0.300. The van der Waals surface area contributed by atoms with Gasteiger partial charge in [-0.2, -0.15) is 0 Å². The van der Waals surface area contributed by atoms with Crippen molar-refractivity contribution in [2.24, 2.45) is 7.05 Å². The molecule has 14 heavy (non-hydrogen) atoms. The second kappa shape index (κ2) is 3.53. The summed E-state index contributed by atoms with van der Waals surface area (Å²) in [7, 11) is 3.69. The molecule has 0 radical (unpaired) electrons. The molecule has 0 aliphatic rings. The smallest absolute Gasteiger partial charge is 0.168 e. The van der Waals surface area contributed by atoms with Gasteiger partial charge in [-0.15, -0.1) is 0 Å². The largest absolute Gasteiger partial charge is 0.497 e. The molecule has 0 bridgehead atoms. The van der Waals surface area contributed by atoms with Crippen LogP contribution in [-0.4, -0.2) is 22.9 Å². The molecule has 2 rings (SSSR count). The van der Waals surface area contributed by atoms with Gasteiger partial charge in [-0.05, 0) is 18.4 Å². The summed E-state index contributed by atoms with van der Waals surface area (Å²) in [6, 6.07) is 5.93. The van der Waals surface area contributed by atoms with Crippen molar-refractivity contribution >= 4 is 22.8 Å². The molecular formula is C10H12N2OS. The number of aromatic nitrogens is 2. The summed E-state index contributed by atoms with van der Waals surface area (Å²) >= 11 is 1.65. The Morgan fingerprint density at radius 3 is 2.86 bits per heavy atom. The number of imidazole rings is 1. The number of rotatable bonds is 2. The normalized spacial score (nSPS) is 10.8. The highest BCUT2D eigenvalue weighted by atomic mass is 32.2. The molecule has 0 saturated heterocycles. The zero-order valence-corrected chi connectivity index (χ0v) is 9.26. The standard InChI is InChI=1S/C10H12N2OS/c1-12-9-5-4-7(13-2)6-8(9)11-10(12)14-3/h4-6H,1-3H3. The van der Waals surface area contributed by atoms with E-state index in [0.717, 1.165) is 21.9 Å². The summed E-state index contributed by atoms with van der Waals surface area (Å²) < 4.78 is 7.23. The van der Waals surface area contributed by atoms with Crippen LogP contribution in [0.2, 0.25) is 0 Å². The summed E-state index contributed by atoms with van der Waals surface area (Å²) in [5.74, 6) is 0.850. The molecule has 1 aromatic heterocycles. The first-order valence-corrected chi connectivity index (χ1v) is 5.53. The molecule has 3 nitrogen and oxygen atoms in total. The fourth-order valence-corrected chi connectivity index (χ4v) is 2.03. The minimum Gasteiger partial charge on any atom is -0.497 e. The molecule has 0 aliphatic carbocycles. The van der Waals surface area contributed by atoms with Gasteiger partial charge >= 0.3 is 0 Å². The minimum absolute atomic E-state index is 0.850. The topological polar surface area (TPSA) is 27.1 Å². The summed E-state index contributed by atoms with van der Waals surface area (Å²) in [4.78, 5) is 4.49. The Hall–Kier alpha value is -1.16. The first-order valence-electron chi connectivity index (χ1n) is 4.30. The zero-order chi connectivity index (χ0) is 10.1. The Balaban J connectivity index is 2.66. The molecule has 1 aromatic carbocycles. The molecule has 1 heterocycles. The number of benzene rings is 1. The third-order valence-corrected chi connectivity index (χ3v) is 2.96. The maximum absolute atomic E-state index is 5.15. The van der Waals surface area contributed by atoms with E-state index in [9.17, 15) is 0 Å². The summed E-state index contributed by atoms with van der Waals surface area (Å²) in [6.45, 7) is 0. The average Bonchev–Trinajstić information content (AvgIpc) is 2.55. The molecule has 4 heteroatoms. The first-order chi connectivity index (χ1) is 6.76. The van der Waals surface area contributed by atoms with Crippen molar-refractivity contribution < 1.29 is 4.74 Å². The van der Waals surface area contributed by atoms with Crippen molar-refractivity contribution in [1.29, 1.82) is 0 Å². The van der Waals surface area contributed by atoms with E-state index in [1.807, 2.05) is 31.5 Å². The van der Waals surface area contributed by atoms with E-state index >= 15 is 0 Å². The monoisotopic (exact) mass is 208 g/mol. The van der Waals surface area contributed by atoms with Crippen LogP contribution < -0.4 is 4.74 Å². The zero-order valence-electron chi connectivity index (χ0n) is 8.44. The van der Waals surface area contributed by atoms with Gasteiger partial charge in [0.1, 0.15) is 5.75 Å². The fourth-order valence-electron chi connectivity index (χ4n) is 1.47. The van der Waals surface area contributed by atoms with Crippen LogP contribution in [0.4, 0.5) is 0 Å². The van der Waals surface area contributed by atoms with Gasteiger partial charge in [0.05, 0.1) is 18.1 Å². The van der Waals surface area contributed by atoms with E-state index in [1.54, 1.807) is 18.9 Å². The number of fused-ring (bicyclic) bond motifs is 1. The van der Waals surface area contributed by atoms with Crippen LogP contribution in [-0.2, 0) is 7.05 Å². The Bertz CT molecular complexity index is 464. The molecule has 74 valence electrons. The van der Waals surface area contributed by atoms with Crippen LogP contribution in [0.5, 0.6) is 5.75 Å². The van der Waals surface area contributed by atoms with Crippen molar-refractivity contribution in [3.05, 3.63) is 18.2 Å². The maximum Gasteiger partial charge on any atom is 0.168 e. The van der Waals surface area contributed by atoms with Crippen molar-refractivity contribution in [2.45, 2.75) is 5.16 Å². The second-order valence-corrected chi connectivity index (χ2v) is 3.79. The van der Waals surface area contributed by atoms with Crippen molar-refractivity contribution in [3.8, 4) is 5.75 Å². The predicted octanol–water partition coefficient (Wildman–Crippen LogP) is 2.30. The molecule has 2 aromatic rings. The number of nitrogens with zero attached hydrogens (tertiary/aromatic N) is 2. The van der Waals surface area contributed by atoms with Crippen LogP contribution in [0.25, 0.3) is 11.0 Å². The number of aryl methyl sites for hydroxylation is 1. The third-order valence-electron chi connectivity index (χ3n) is 2.23. The highest BCUT2D eigenvalue weighted by Crippen LogP contribution is 2.24. The van der Waals surface area contributed by atoms with Crippen molar-refractivity contribution in [2.75, 3.05) is 13.4 Å². The lowest BCUT2D eigenvalue weighted by molar-refractivity contribution is 0.415. The van der Waals surface area contributed by atoms with E-state index in [4.69, 9.17) is 4.74 Å². The highest BCUT2D eigenvalue weighted by molar-refractivity contribution is 7.98.